The molecule has 33 heavy (non-hydrogen) atoms. The molecule has 1 amide bonds. The van der Waals surface area contributed by atoms with Crippen molar-refractivity contribution in [2.75, 3.05) is 50.8 Å². The minimum Gasteiger partial charge on any atom is -0.379 e. The fourth-order valence-corrected chi connectivity index (χ4v) is 5.40. The SMILES string of the molecule is CCC(CN1CCOCC1)NC(=O)C1CCN(c2ncnc3c2nc2n3CCCCC2)CC1. The van der Waals surface area contributed by atoms with Gasteiger partial charge in [-0.1, -0.05) is 13.3 Å². The van der Waals surface area contributed by atoms with Crippen LogP contribution in [0.1, 0.15) is 51.3 Å². The molecule has 3 aliphatic heterocycles. The Morgan fingerprint density at radius 1 is 1.12 bits per heavy atom. The number of piperidine rings is 1. The second kappa shape index (κ2) is 10.3. The van der Waals surface area contributed by atoms with Gasteiger partial charge < -0.3 is 19.5 Å². The molecule has 1 unspecified atom stereocenters. The van der Waals surface area contributed by atoms with E-state index in [1.54, 1.807) is 6.33 Å². The topological polar surface area (TPSA) is 88.4 Å². The van der Waals surface area contributed by atoms with Crippen LogP contribution in [-0.2, 0) is 22.5 Å². The molecule has 9 heteroatoms. The lowest BCUT2D eigenvalue weighted by Crippen LogP contribution is -2.49. The van der Waals surface area contributed by atoms with Crippen LogP contribution in [0.3, 0.4) is 0 Å². The smallest absolute Gasteiger partial charge is 0.223 e. The predicted molar refractivity (Wildman–Crippen MR) is 127 cm³/mol. The van der Waals surface area contributed by atoms with Crippen molar-refractivity contribution in [3.63, 3.8) is 0 Å². The Balaban J connectivity index is 1.20. The number of hydrogen-bond acceptors (Lipinski definition) is 7. The van der Waals surface area contributed by atoms with Gasteiger partial charge in [0.2, 0.25) is 5.91 Å². The fourth-order valence-electron chi connectivity index (χ4n) is 5.40. The van der Waals surface area contributed by atoms with Crippen molar-refractivity contribution in [3.8, 4) is 0 Å². The van der Waals surface area contributed by atoms with Gasteiger partial charge >= 0.3 is 0 Å². The molecule has 0 bridgehead atoms. The van der Waals surface area contributed by atoms with Crippen LogP contribution < -0.4 is 10.2 Å². The van der Waals surface area contributed by atoms with Crippen molar-refractivity contribution in [1.82, 2.24) is 29.7 Å². The molecule has 5 rings (SSSR count). The van der Waals surface area contributed by atoms with Crippen LogP contribution in [-0.4, -0.2) is 82.3 Å². The molecule has 2 aromatic heterocycles. The zero-order valence-corrected chi connectivity index (χ0v) is 19.8. The van der Waals surface area contributed by atoms with Crippen LogP contribution in [0, 0.1) is 5.92 Å². The number of aromatic nitrogens is 4. The third-order valence-electron chi connectivity index (χ3n) is 7.46. The number of fused-ring (bicyclic) bond motifs is 3. The van der Waals surface area contributed by atoms with E-state index in [-0.39, 0.29) is 17.9 Å². The number of aryl methyl sites for hydroxylation is 2. The van der Waals surface area contributed by atoms with Crippen molar-refractivity contribution in [3.05, 3.63) is 12.2 Å². The van der Waals surface area contributed by atoms with Crippen molar-refractivity contribution >= 4 is 22.9 Å². The summed E-state index contributed by atoms with van der Waals surface area (Å²) in [5, 5.41) is 3.33. The molecule has 0 radical (unpaired) electrons. The fraction of sp³-hybridized carbons (Fsp3) is 0.750. The molecule has 1 atom stereocenters. The lowest BCUT2D eigenvalue weighted by molar-refractivity contribution is -0.126. The Kier molecular flexibility index (Phi) is 7.06. The number of nitrogens with zero attached hydrogens (tertiary/aromatic N) is 6. The van der Waals surface area contributed by atoms with E-state index in [0.717, 1.165) is 101 Å². The first-order valence-corrected chi connectivity index (χ1v) is 12.8. The van der Waals surface area contributed by atoms with E-state index in [0.29, 0.717) is 0 Å². The molecule has 1 N–H and O–H groups in total. The number of rotatable bonds is 6. The highest BCUT2D eigenvalue weighted by Crippen LogP contribution is 2.29. The maximum absolute atomic E-state index is 13.0. The van der Waals surface area contributed by atoms with Gasteiger partial charge in [0.1, 0.15) is 12.2 Å². The van der Waals surface area contributed by atoms with Gasteiger partial charge in [0.05, 0.1) is 13.2 Å². The van der Waals surface area contributed by atoms with Gasteiger partial charge in [0, 0.05) is 57.6 Å². The van der Waals surface area contributed by atoms with Gasteiger partial charge in [-0.2, -0.15) is 0 Å². The van der Waals surface area contributed by atoms with Crippen molar-refractivity contribution in [2.24, 2.45) is 5.92 Å². The third kappa shape index (κ3) is 4.99. The summed E-state index contributed by atoms with van der Waals surface area (Å²) in [6, 6.07) is 0.205. The van der Waals surface area contributed by atoms with Crippen LogP contribution in [0.15, 0.2) is 6.33 Å². The van der Waals surface area contributed by atoms with Gasteiger partial charge in [-0.05, 0) is 32.1 Å². The summed E-state index contributed by atoms with van der Waals surface area (Å²) in [4.78, 5) is 31.8. The maximum Gasteiger partial charge on any atom is 0.223 e. The quantitative estimate of drug-likeness (QED) is 0.713. The van der Waals surface area contributed by atoms with Crippen LogP contribution in [0.5, 0.6) is 0 Å². The average Bonchev–Trinajstić information content (AvgIpc) is 3.05. The lowest BCUT2D eigenvalue weighted by atomic mass is 9.95. The number of ether oxygens (including phenoxy) is 1. The van der Waals surface area contributed by atoms with Crippen molar-refractivity contribution < 1.29 is 9.53 Å². The molecule has 0 aromatic carbocycles. The van der Waals surface area contributed by atoms with Crippen LogP contribution in [0.25, 0.3) is 11.2 Å². The summed E-state index contributed by atoms with van der Waals surface area (Å²) >= 11 is 0. The first-order valence-electron chi connectivity index (χ1n) is 12.8. The van der Waals surface area contributed by atoms with Crippen molar-refractivity contribution in [2.45, 2.75) is 64.5 Å². The Labute approximate surface area is 195 Å². The second-order valence-corrected chi connectivity index (χ2v) is 9.65. The molecule has 5 heterocycles. The average molecular weight is 456 g/mol. The Bertz CT molecular complexity index is 948. The van der Waals surface area contributed by atoms with E-state index in [1.807, 2.05) is 0 Å². The number of carbonyl (C=O) groups is 1. The monoisotopic (exact) mass is 455 g/mol. The molecular weight excluding hydrogens is 418 g/mol. The zero-order valence-electron chi connectivity index (χ0n) is 19.8. The number of carbonyl (C=O) groups excluding carboxylic acids is 1. The first-order chi connectivity index (χ1) is 16.2. The van der Waals surface area contributed by atoms with Gasteiger partial charge in [-0.15, -0.1) is 0 Å². The van der Waals surface area contributed by atoms with Crippen molar-refractivity contribution in [1.29, 1.82) is 0 Å². The molecule has 3 aliphatic rings. The molecular formula is C24H37N7O2. The molecule has 9 nitrogen and oxygen atoms in total. The van der Waals surface area contributed by atoms with Gasteiger partial charge in [0.25, 0.3) is 0 Å². The summed E-state index contributed by atoms with van der Waals surface area (Å²) in [7, 11) is 0. The van der Waals surface area contributed by atoms with E-state index < -0.39 is 0 Å². The minimum absolute atomic E-state index is 0.0658. The standard InChI is InChI=1S/C24H37N7O2/c1-2-19(16-29-12-14-33-15-13-29)27-24(32)18-7-10-30(11-8-18)22-21-23(26-17-25-22)31-9-5-3-4-6-20(31)28-21/h17-19H,2-16H2,1H3,(H,27,32). The lowest BCUT2D eigenvalue weighted by Gasteiger charge is -2.34. The zero-order chi connectivity index (χ0) is 22.6. The van der Waals surface area contributed by atoms with E-state index in [4.69, 9.17) is 9.72 Å². The molecule has 2 fully saturated rings. The van der Waals surface area contributed by atoms with Crippen LogP contribution in [0.4, 0.5) is 5.82 Å². The molecule has 2 aromatic rings. The number of anilines is 1. The Morgan fingerprint density at radius 2 is 1.94 bits per heavy atom. The summed E-state index contributed by atoms with van der Waals surface area (Å²) in [6.45, 7) is 9.20. The van der Waals surface area contributed by atoms with E-state index in [9.17, 15) is 4.79 Å². The Hall–Kier alpha value is -2.26. The summed E-state index contributed by atoms with van der Waals surface area (Å²) in [6.07, 6.45) is 8.96. The van der Waals surface area contributed by atoms with Gasteiger partial charge in [-0.3, -0.25) is 9.69 Å². The number of morpholine rings is 1. The number of hydrogen-bond donors (Lipinski definition) is 1. The molecule has 180 valence electrons. The molecule has 0 saturated carbocycles. The summed E-state index contributed by atoms with van der Waals surface area (Å²) in [5.41, 5.74) is 1.89. The minimum atomic E-state index is 0.0658. The normalized spacial score (nSPS) is 21.5. The molecule has 0 spiro atoms. The number of amides is 1. The highest BCUT2D eigenvalue weighted by molar-refractivity contribution is 5.84. The number of nitrogens with one attached hydrogen (secondary N) is 1. The second-order valence-electron chi connectivity index (χ2n) is 9.65. The van der Waals surface area contributed by atoms with E-state index in [2.05, 4.69) is 36.6 Å². The Morgan fingerprint density at radius 3 is 2.73 bits per heavy atom. The summed E-state index contributed by atoms with van der Waals surface area (Å²) < 4.78 is 7.73. The maximum atomic E-state index is 13.0. The summed E-state index contributed by atoms with van der Waals surface area (Å²) in [5.74, 6) is 2.34. The van der Waals surface area contributed by atoms with E-state index in [1.165, 1.54) is 19.3 Å². The highest BCUT2D eigenvalue weighted by Gasteiger charge is 2.29. The number of imidazole rings is 1. The first kappa shape index (κ1) is 22.5. The van der Waals surface area contributed by atoms with Crippen LogP contribution >= 0.6 is 0 Å². The van der Waals surface area contributed by atoms with Gasteiger partial charge in [0.15, 0.2) is 17.0 Å². The highest BCUT2D eigenvalue weighted by atomic mass is 16.5. The largest absolute Gasteiger partial charge is 0.379 e. The van der Waals surface area contributed by atoms with Gasteiger partial charge in [-0.25, -0.2) is 15.0 Å². The molecule has 0 aliphatic carbocycles. The third-order valence-corrected chi connectivity index (χ3v) is 7.46. The predicted octanol–water partition coefficient (Wildman–Crippen LogP) is 2.00. The van der Waals surface area contributed by atoms with E-state index >= 15 is 0 Å². The molecule has 2 saturated heterocycles. The van der Waals surface area contributed by atoms with Crippen LogP contribution in [0.2, 0.25) is 0 Å².